The second kappa shape index (κ2) is 6.85. The van der Waals surface area contributed by atoms with Gasteiger partial charge < -0.3 is 5.32 Å². The Bertz CT molecular complexity index is 1100. The Kier molecular flexibility index (Phi) is 4.55. The number of aryl methyl sites for hydroxylation is 1. The van der Waals surface area contributed by atoms with Crippen molar-refractivity contribution in [3.8, 4) is 11.5 Å². The number of carbonyl (C=O) groups is 1. The average molecular weight is 427 g/mol. The van der Waals surface area contributed by atoms with Gasteiger partial charge in [-0.2, -0.15) is 18.3 Å². The highest BCUT2D eigenvalue weighted by molar-refractivity contribution is 6.04. The summed E-state index contributed by atoms with van der Waals surface area (Å²) >= 11 is 0. The summed E-state index contributed by atoms with van der Waals surface area (Å²) < 4.78 is 68.6. The highest BCUT2D eigenvalue weighted by atomic mass is 19.4. The third kappa shape index (κ3) is 3.29. The van der Waals surface area contributed by atoms with Gasteiger partial charge in [-0.15, -0.1) is 10.2 Å². The molecule has 0 bridgehead atoms. The molecule has 1 aliphatic rings. The zero-order valence-electron chi connectivity index (χ0n) is 15.4. The zero-order chi connectivity index (χ0) is 21.7. The van der Waals surface area contributed by atoms with Gasteiger partial charge in [0, 0.05) is 13.2 Å². The van der Waals surface area contributed by atoms with Crippen LogP contribution in [0.3, 0.4) is 0 Å². The van der Waals surface area contributed by atoms with Crippen molar-refractivity contribution in [3.63, 3.8) is 0 Å². The van der Waals surface area contributed by atoms with Gasteiger partial charge in [0.1, 0.15) is 29.1 Å². The van der Waals surface area contributed by atoms with E-state index >= 15 is 0 Å². The van der Waals surface area contributed by atoms with Crippen LogP contribution in [0, 0.1) is 0 Å². The summed E-state index contributed by atoms with van der Waals surface area (Å²) in [7, 11) is 1.39. The number of amides is 1. The molecule has 3 aromatic heterocycles. The molecule has 3 heterocycles. The number of carbonyl (C=O) groups excluding carboxylic acids is 1. The highest BCUT2D eigenvalue weighted by Crippen LogP contribution is 2.56. The van der Waals surface area contributed by atoms with Gasteiger partial charge in [0.05, 0.1) is 5.56 Å². The van der Waals surface area contributed by atoms with Crippen LogP contribution in [0.25, 0.3) is 11.5 Å². The third-order valence-corrected chi connectivity index (χ3v) is 4.79. The fourth-order valence-corrected chi connectivity index (χ4v) is 3.16. The summed E-state index contributed by atoms with van der Waals surface area (Å²) in [6.07, 6.45) is -5.51. The number of alkyl halides is 5. The van der Waals surface area contributed by atoms with Gasteiger partial charge in [0.25, 0.3) is 12.3 Å². The lowest BCUT2D eigenvalue weighted by Crippen LogP contribution is -2.35. The Labute approximate surface area is 165 Å². The Hall–Kier alpha value is -3.38. The van der Waals surface area contributed by atoms with Crippen LogP contribution < -0.4 is 5.32 Å². The molecule has 1 N–H and O–H groups in total. The maximum Gasteiger partial charge on any atom is 0.412 e. The van der Waals surface area contributed by atoms with E-state index in [1.807, 2.05) is 0 Å². The molecule has 0 spiro atoms. The molecular formula is C17H14F5N7O. The number of pyridine rings is 1. The third-order valence-electron chi connectivity index (χ3n) is 4.79. The van der Waals surface area contributed by atoms with Crippen molar-refractivity contribution in [2.45, 2.75) is 31.0 Å². The molecule has 1 amide bonds. The van der Waals surface area contributed by atoms with Gasteiger partial charge in [-0.1, -0.05) is 6.07 Å². The summed E-state index contributed by atoms with van der Waals surface area (Å²) in [6.45, 7) is 0. The van der Waals surface area contributed by atoms with Crippen molar-refractivity contribution in [1.29, 1.82) is 0 Å². The standard InChI is InChI=1S/C17H14F5N7O/c1-28-7-9(12(27-28)13(18)19)15(30)25-11-4-2-3-10(24-11)14-26-23-8-29(14)16(5-6-16)17(20,21)22/h2-4,7-8,13H,5-6H2,1H3,(H,24,25,30). The molecule has 13 heteroatoms. The topological polar surface area (TPSA) is 90.5 Å². The molecule has 3 aromatic rings. The van der Waals surface area contributed by atoms with E-state index in [-0.39, 0.29) is 35.7 Å². The number of hydrogen-bond acceptors (Lipinski definition) is 5. The van der Waals surface area contributed by atoms with Crippen molar-refractivity contribution < 1.29 is 26.7 Å². The minimum absolute atomic E-state index is 0.0427. The Balaban J connectivity index is 1.63. The van der Waals surface area contributed by atoms with E-state index in [2.05, 4.69) is 25.6 Å². The van der Waals surface area contributed by atoms with Crippen LogP contribution >= 0.6 is 0 Å². The molecule has 1 saturated carbocycles. The number of anilines is 1. The molecular weight excluding hydrogens is 413 g/mol. The fourth-order valence-electron chi connectivity index (χ4n) is 3.16. The zero-order valence-corrected chi connectivity index (χ0v) is 15.4. The van der Waals surface area contributed by atoms with Gasteiger partial charge in [-0.3, -0.25) is 14.0 Å². The Morgan fingerprint density at radius 2 is 2.00 bits per heavy atom. The number of aromatic nitrogens is 6. The van der Waals surface area contributed by atoms with Crippen molar-refractivity contribution in [1.82, 2.24) is 29.5 Å². The van der Waals surface area contributed by atoms with Crippen molar-refractivity contribution in [3.05, 3.63) is 42.0 Å². The lowest BCUT2D eigenvalue weighted by molar-refractivity contribution is -0.179. The molecule has 1 fully saturated rings. The first-order valence-corrected chi connectivity index (χ1v) is 8.70. The molecule has 0 unspecified atom stereocenters. The molecule has 0 radical (unpaired) electrons. The molecule has 0 aromatic carbocycles. The van der Waals surface area contributed by atoms with Crippen molar-refractivity contribution in [2.75, 3.05) is 5.32 Å². The van der Waals surface area contributed by atoms with E-state index in [9.17, 15) is 26.7 Å². The number of hydrogen-bond donors (Lipinski definition) is 1. The van der Waals surface area contributed by atoms with Crippen LogP contribution in [0.2, 0.25) is 0 Å². The highest BCUT2D eigenvalue weighted by Gasteiger charge is 2.65. The summed E-state index contributed by atoms with van der Waals surface area (Å²) in [4.78, 5) is 16.5. The van der Waals surface area contributed by atoms with E-state index < -0.39 is 29.7 Å². The second-order valence-corrected chi connectivity index (χ2v) is 6.82. The normalized spacial score (nSPS) is 15.4. The summed E-state index contributed by atoms with van der Waals surface area (Å²) in [5.74, 6) is -1.04. The molecule has 4 rings (SSSR count). The van der Waals surface area contributed by atoms with Crippen LogP contribution in [0.4, 0.5) is 27.8 Å². The first-order chi connectivity index (χ1) is 14.1. The molecule has 158 valence electrons. The van der Waals surface area contributed by atoms with E-state index in [1.54, 1.807) is 0 Å². The largest absolute Gasteiger partial charge is 0.412 e. The van der Waals surface area contributed by atoms with E-state index in [0.29, 0.717) is 0 Å². The molecule has 8 nitrogen and oxygen atoms in total. The average Bonchev–Trinajstić information content (AvgIpc) is 3.17. The second-order valence-electron chi connectivity index (χ2n) is 6.82. The lowest BCUT2D eigenvalue weighted by atomic mass is 10.2. The van der Waals surface area contributed by atoms with Crippen LogP contribution in [0.1, 0.15) is 35.3 Å². The van der Waals surface area contributed by atoms with E-state index in [1.165, 1.54) is 25.2 Å². The van der Waals surface area contributed by atoms with E-state index in [4.69, 9.17) is 0 Å². The fraction of sp³-hybridized carbons (Fsp3) is 0.353. The minimum Gasteiger partial charge on any atom is -0.306 e. The SMILES string of the molecule is Cn1cc(C(=O)Nc2cccc(-c3nncn3C3(C(F)(F)F)CC3)n2)c(C(F)F)n1. The van der Waals surface area contributed by atoms with Crippen molar-refractivity contribution >= 4 is 11.7 Å². The first-order valence-electron chi connectivity index (χ1n) is 8.70. The number of nitrogens with one attached hydrogen (secondary N) is 1. The first kappa shape index (κ1) is 19.9. The van der Waals surface area contributed by atoms with Crippen LogP contribution in [0.15, 0.2) is 30.7 Å². The van der Waals surface area contributed by atoms with Crippen LogP contribution in [0.5, 0.6) is 0 Å². The quantitative estimate of drug-likeness (QED) is 0.631. The summed E-state index contributed by atoms with van der Waals surface area (Å²) in [6, 6.07) is 4.23. The van der Waals surface area contributed by atoms with Crippen LogP contribution in [-0.4, -0.2) is 41.6 Å². The predicted molar refractivity (Wildman–Crippen MR) is 92.6 cm³/mol. The van der Waals surface area contributed by atoms with Gasteiger partial charge in [0.15, 0.2) is 5.82 Å². The minimum atomic E-state index is -4.48. The van der Waals surface area contributed by atoms with Crippen molar-refractivity contribution in [2.24, 2.45) is 7.05 Å². The van der Waals surface area contributed by atoms with Gasteiger partial charge in [-0.05, 0) is 25.0 Å². The van der Waals surface area contributed by atoms with Crippen LogP contribution in [-0.2, 0) is 12.6 Å². The number of halogens is 5. The summed E-state index contributed by atoms with van der Waals surface area (Å²) in [5, 5.41) is 13.2. The summed E-state index contributed by atoms with van der Waals surface area (Å²) in [5.41, 5.74) is -3.06. The molecule has 0 atom stereocenters. The monoisotopic (exact) mass is 427 g/mol. The van der Waals surface area contributed by atoms with Gasteiger partial charge in [-0.25, -0.2) is 13.8 Å². The molecule has 0 aliphatic heterocycles. The Morgan fingerprint density at radius 1 is 1.27 bits per heavy atom. The maximum atomic E-state index is 13.5. The lowest BCUT2D eigenvalue weighted by Gasteiger charge is -2.21. The Morgan fingerprint density at radius 3 is 2.63 bits per heavy atom. The smallest absolute Gasteiger partial charge is 0.306 e. The molecule has 30 heavy (non-hydrogen) atoms. The maximum absolute atomic E-state index is 13.5. The molecule has 0 saturated heterocycles. The van der Waals surface area contributed by atoms with E-state index in [0.717, 1.165) is 21.8 Å². The van der Waals surface area contributed by atoms with Gasteiger partial charge >= 0.3 is 6.18 Å². The van der Waals surface area contributed by atoms with Gasteiger partial charge in [0.2, 0.25) is 0 Å². The number of nitrogens with zero attached hydrogens (tertiary/aromatic N) is 6. The molecule has 1 aliphatic carbocycles. The predicted octanol–water partition coefficient (Wildman–Crippen LogP) is 3.31. The number of rotatable bonds is 5.